The molecular formula is C12H13N3O4S. The predicted octanol–water partition coefficient (Wildman–Crippen LogP) is 0.629. The van der Waals surface area contributed by atoms with Crippen molar-refractivity contribution in [1.29, 1.82) is 0 Å². The van der Waals surface area contributed by atoms with E-state index in [0.29, 0.717) is 12.2 Å². The van der Waals surface area contributed by atoms with Gasteiger partial charge in [0.1, 0.15) is 5.82 Å². The van der Waals surface area contributed by atoms with E-state index in [-0.39, 0.29) is 17.0 Å². The molecule has 0 amide bonds. The largest absolute Gasteiger partial charge is 0.478 e. The van der Waals surface area contributed by atoms with Crippen molar-refractivity contribution < 1.29 is 18.3 Å². The molecule has 20 heavy (non-hydrogen) atoms. The highest BCUT2D eigenvalue weighted by Gasteiger charge is 2.15. The first-order chi connectivity index (χ1) is 9.49. The Morgan fingerprint density at radius 3 is 2.85 bits per heavy atom. The average Bonchev–Trinajstić information content (AvgIpc) is 2.92. The SMILES string of the molecule is O=C(O)c1cccc(S(=O)(=O)NCCc2ncc[nH]2)c1. The Kier molecular flexibility index (Phi) is 4.16. The summed E-state index contributed by atoms with van der Waals surface area (Å²) in [5.41, 5.74) is -0.0705. The molecule has 2 aromatic rings. The monoisotopic (exact) mass is 295 g/mol. The lowest BCUT2D eigenvalue weighted by Gasteiger charge is -2.06. The molecule has 0 spiro atoms. The van der Waals surface area contributed by atoms with Crippen LogP contribution in [0.1, 0.15) is 16.2 Å². The number of sulfonamides is 1. The summed E-state index contributed by atoms with van der Waals surface area (Å²) in [5, 5.41) is 8.85. The van der Waals surface area contributed by atoms with Gasteiger partial charge in [0.25, 0.3) is 0 Å². The lowest BCUT2D eigenvalue weighted by Crippen LogP contribution is -2.26. The normalized spacial score (nSPS) is 11.4. The van der Waals surface area contributed by atoms with E-state index in [0.717, 1.165) is 6.07 Å². The van der Waals surface area contributed by atoms with E-state index in [1.165, 1.54) is 18.2 Å². The summed E-state index contributed by atoms with van der Waals surface area (Å²) in [6.45, 7) is 0.174. The number of hydrogen-bond donors (Lipinski definition) is 3. The van der Waals surface area contributed by atoms with Gasteiger partial charge in [0.05, 0.1) is 10.5 Å². The van der Waals surface area contributed by atoms with Crippen molar-refractivity contribution in [2.45, 2.75) is 11.3 Å². The van der Waals surface area contributed by atoms with Crippen LogP contribution in [0.3, 0.4) is 0 Å². The van der Waals surface area contributed by atoms with Crippen molar-refractivity contribution >= 4 is 16.0 Å². The highest BCUT2D eigenvalue weighted by atomic mass is 32.2. The van der Waals surface area contributed by atoms with E-state index in [1.54, 1.807) is 12.4 Å². The van der Waals surface area contributed by atoms with Gasteiger partial charge in [-0.25, -0.2) is 22.9 Å². The maximum absolute atomic E-state index is 12.0. The fourth-order valence-corrected chi connectivity index (χ4v) is 2.70. The van der Waals surface area contributed by atoms with Gasteiger partial charge in [-0.1, -0.05) is 6.07 Å². The highest BCUT2D eigenvalue weighted by molar-refractivity contribution is 7.89. The quantitative estimate of drug-likeness (QED) is 0.723. The van der Waals surface area contributed by atoms with Crippen LogP contribution in [-0.4, -0.2) is 36.0 Å². The van der Waals surface area contributed by atoms with Gasteiger partial charge < -0.3 is 10.1 Å². The van der Waals surface area contributed by atoms with E-state index >= 15 is 0 Å². The van der Waals surface area contributed by atoms with Gasteiger partial charge in [-0.3, -0.25) is 0 Å². The second-order valence-corrected chi connectivity index (χ2v) is 5.78. The van der Waals surface area contributed by atoms with Crippen molar-refractivity contribution in [2.24, 2.45) is 0 Å². The molecule has 0 aliphatic heterocycles. The molecule has 0 aliphatic carbocycles. The third kappa shape index (κ3) is 3.43. The van der Waals surface area contributed by atoms with Crippen LogP contribution in [0.15, 0.2) is 41.6 Å². The summed E-state index contributed by atoms with van der Waals surface area (Å²) in [6.07, 6.45) is 3.66. The van der Waals surface area contributed by atoms with Crippen molar-refractivity contribution in [2.75, 3.05) is 6.54 Å². The number of imidazole rings is 1. The molecule has 8 heteroatoms. The van der Waals surface area contributed by atoms with Crippen LogP contribution < -0.4 is 4.72 Å². The van der Waals surface area contributed by atoms with Crippen molar-refractivity contribution in [3.05, 3.63) is 48.0 Å². The molecule has 3 N–H and O–H groups in total. The van der Waals surface area contributed by atoms with Crippen LogP contribution in [0.5, 0.6) is 0 Å². The fourth-order valence-electron chi connectivity index (χ4n) is 1.62. The average molecular weight is 295 g/mol. The van der Waals surface area contributed by atoms with Gasteiger partial charge in [-0.2, -0.15) is 0 Å². The smallest absolute Gasteiger partial charge is 0.335 e. The number of H-pyrrole nitrogens is 1. The van der Waals surface area contributed by atoms with E-state index in [1.807, 2.05) is 0 Å². The van der Waals surface area contributed by atoms with Gasteiger partial charge in [0.2, 0.25) is 10.0 Å². The molecule has 0 saturated carbocycles. The zero-order valence-electron chi connectivity index (χ0n) is 10.4. The number of benzene rings is 1. The van der Waals surface area contributed by atoms with E-state index in [4.69, 9.17) is 5.11 Å². The van der Waals surface area contributed by atoms with E-state index in [9.17, 15) is 13.2 Å². The first kappa shape index (κ1) is 14.2. The van der Waals surface area contributed by atoms with Gasteiger partial charge in [0, 0.05) is 25.4 Å². The molecule has 0 atom stereocenters. The Labute approximate surface area is 115 Å². The number of aromatic amines is 1. The van der Waals surface area contributed by atoms with Gasteiger partial charge >= 0.3 is 5.97 Å². The molecule has 0 radical (unpaired) electrons. The minimum Gasteiger partial charge on any atom is -0.478 e. The number of hydrogen-bond acceptors (Lipinski definition) is 4. The number of nitrogens with zero attached hydrogens (tertiary/aromatic N) is 1. The van der Waals surface area contributed by atoms with E-state index in [2.05, 4.69) is 14.7 Å². The molecule has 106 valence electrons. The zero-order chi connectivity index (χ0) is 14.6. The number of carboxylic acid groups (broad SMARTS) is 1. The zero-order valence-corrected chi connectivity index (χ0v) is 11.2. The van der Waals surface area contributed by atoms with Crippen LogP contribution in [0.4, 0.5) is 0 Å². The Hall–Kier alpha value is -2.19. The van der Waals surface area contributed by atoms with Gasteiger partial charge in [-0.05, 0) is 18.2 Å². The molecule has 0 unspecified atom stereocenters. The molecule has 0 aliphatic rings. The Morgan fingerprint density at radius 1 is 1.40 bits per heavy atom. The van der Waals surface area contributed by atoms with Crippen molar-refractivity contribution in [3.63, 3.8) is 0 Å². The Balaban J connectivity index is 2.06. The lowest BCUT2D eigenvalue weighted by molar-refractivity contribution is 0.0696. The minimum absolute atomic E-state index is 0.0705. The van der Waals surface area contributed by atoms with Gasteiger partial charge in [-0.15, -0.1) is 0 Å². The van der Waals surface area contributed by atoms with Crippen LogP contribution in [0, 0.1) is 0 Å². The summed E-state index contributed by atoms with van der Waals surface area (Å²) >= 11 is 0. The topological polar surface area (TPSA) is 112 Å². The summed E-state index contributed by atoms with van der Waals surface area (Å²) in [6, 6.07) is 5.20. The second kappa shape index (κ2) is 5.85. The summed E-state index contributed by atoms with van der Waals surface area (Å²) in [5.74, 6) is -0.496. The first-order valence-corrected chi connectivity index (χ1v) is 7.28. The molecule has 7 nitrogen and oxygen atoms in total. The Morgan fingerprint density at radius 2 is 2.20 bits per heavy atom. The molecular weight excluding hydrogens is 282 g/mol. The van der Waals surface area contributed by atoms with Crippen LogP contribution in [0.2, 0.25) is 0 Å². The van der Waals surface area contributed by atoms with Crippen molar-refractivity contribution in [3.8, 4) is 0 Å². The number of rotatable bonds is 6. The Bertz CT molecular complexity index is 695. The maximum atomic E-state index is 12.0. The minimum atomic E-state index is -3.72. The summed E-state index contributed by atoms with van der Waals surface area (Å²) < 4.78 is 26.4. The van der Waals surface area contributed by atoms with Gasteiger partial charge in [0.15, 0.2) is 0 Å². The van der Waals surface area contributed by atoms with Crippen molar-refractivity contribution in [1.82, 2.24) is 14.7 Å². The molecule has 1 aromatic carbocycles. The number of carboxylic acids is 1. The lowest BCUT2D eigenvalue weighted by atomic mass is 10.2. The van der Waals surface area contributed by atoms with E-state index < -0.39 is 16.0 Å². The van der Waals surface area contributed by atoms with Crippen LogP contribution in [-0.2, 0) is 16.4 Å². The molecule has 0 saturated heterocycles. The first-order valence-electron chi connectivity index (χ1n) is 5.80. The molecule has 1 heterocycles. The molecule has 0 fully saturated rings. The molecule has 0 bridgehead atoms. The second-order valence-electron chi connectivity index (χ2n) is 4.02. The number of aromatic carboxylic acids is 1. The molecule has 1 aromatic heterocycles. The third-order valence-electron chi connectivity index (χ3n) is 2.60. The van der Waals surface area contributed by atoms with Crippen LogP contribution >= 0.6 is 0 Å². The molecule has 2 rings (SSSR count). The third-order valence-corrected chi connectivity index (χ3v) is 4.06. The van der Waals surface area contributed by atoms with Crippen LogP contribution in [0.25, 0.3) is 0 Å². The number of carbonyl (C=O) groups is 1. The number of aromatic nitrogens is 2. The summed E-state index contributed by atoms with van der Waals surface area (Å²) in [4.78, 5) is 17.6. The summed E-state index contributed by atoms with van der Waals surface area (Å²) in [7, 11) is -3.72. The fraction of sp³-hybridized carbons (Fsp3) is 0.167. The predicted molar refractivity (Wildman–Crippen MR) is 70.9 cm³/mol. The highest BCUT2D eigenvalue weighted by Crippen LogP contribution is 2.11. The standard InChI is InChI=1S/C12H13N3O4S/c16-12(17)9-2-1-3-10(8-9)20(18,19)15-5-4-11-13-6-7-14-11/h1-3,6-8,15H,4-5H2,(H,13,14)(H,16,17). The maximum Gasteiger partial charge on any atom is 0.335 e. The number of nitrogens with one attached hydrogen (secondary N) is 2.